The molecule has 0 spiro atoms. The van der Waals surface area contributed by atoms with E-state index in [9.17, 15) is 9.18 Å². The SMILES string of the molecule is COc1cc(C=O)cc(Cl)c1OCc1cc(F)ccc1Cl. The van der Waals surface area contributed by atoms with E-state index >= 15 is 0 Å². The number of hydrogen-bond acceptors (Lipinski definition) is 3. The molecule has 3 nitrogen and oxygen atoms in total. The highest BCUT2D eigenvalue weighted by molar-refractivity contribution is 6.32. The molecule has 110 valence electrons. The zero-order valence-electron chi connectivity index (χ0n) is 11.0. The van der Waals surface area contributed by atoms with Crippen LogP contribution in [0.25, 0.3) is 0 Å². The zero-order valence-corrected chi connectivity index (χ0v) is 12.5. The van der Waals surface area contributed by atoms with Gasteiger partial charge in [-0.25, -0.2) is 4.39 Å². The lowest BCUT2D eigenvalue weighted by molar-refractivity contribution is 0.112. The third-order valence-electron chi connectivity index (χ3n) is 2.77. The van der Waals surface area contributed by atoms with Crippen molar-refractivity contribution in [3.8, 4) is 11.5 Å². The molecule has 0 aliphatic carbocycles. The van der Waals surface area contributed by atoms with Gasteiger partial charge in [-0.05, 0) is 30.3 Å². The van der Waals surface area contributed by atoms with Crippen molar-refractivity contribution in [1.82, 2.24) is 0 Å². The first-order valence-corrected chi connectivity index (χ1v) is 6.70. The molecule has 0 saturated carbocycles. The third kappa shape index (κ3) is 3.65. The van der Waals surface area contributed by atoms with Crippen molar-refractivity contribution >= 4 is 29.5 Å². The van der Waals surface area contributed by atoms with Crippen LogP contribution in [0, 0.1) is 5.82 Å². The molecule has 2 aromatic rings. The lowest BCUT2D eigenvalue weighted by atomic mass is 10.2. The van der Waals surface area contributed by atoms with Crippen molar-refractivity contribution in [2.24, 2.45) is 0 Å². The third-order valence-corrected chi connectivity index (χ3v) is 3.42. The molecular formula is C15H11Cl2FO3. The molecule has 0 aromatic heterocycles. The number of benzene rings is 2. The molecule has 0 aliphatic heterocycles. The normalized spacial score (nSPS) is 10.3. The number of halogens is 3. The van der Waals surface area contributed by atoms with E-state index in [4.69, 9.17) is 32.7 Å². The van der Waals surface area contributed by atoms with Gasteiger partial charge in [-0.2, -0.15) is 0 Å². The Morgan fingerprint density at radius 1 is 1.19 bits per heavy atom. The van der Waals surface area contributed by atoms with Crippen LogP contribution in [0.2, 0.25) is 10.0 Å². The van der Waals surface area contributed by atoms with Crippen molar-refractivity contribution in [1.29, 1.82) is 0 Å². The van der Waals surface area contributed by atoms with Gasteiger partial charge in [0.2, 0.25) is 0 Å². The standard InChI is InChI=1S/C15H11Cl2FO3/c1-20-14-5-9(7-19)4-13(17)15(14)21-8-10-6-11(18)2-3-12(10)16/h2-7H,8H2,1H3. The first-order valence-electron chi connectivity index (χ1n) is 5.94. The molecule has 0 unspecified atom stereocenters. The Hall–Kier alpha value is -1.78. The second kappa shape index (κ2) is 6.78. The van der Waals surface area contributed by atoms with Gasteiger partial charge in [0.05, 0.1) is 12.1 Å². The molecule has 21 heavy (non-hydrogen) atoms. The Morgan fingerprint density at radius 2 is 1.95 bits per heavy atom. The molecule has 0 N–H and O–H groups in total. The predicted octanol–water partition coefficient (Wildman–Crippen LogP) is 4.53. The second-order valence-corrected chi connectivity index (χ2v) is 4.99. The van der Waals surface area contributed by atoms with E-state index in [-0.39, 0.29) is 17.4 Å². The minimum Gasteiger partial charge on any atom is -0.493 e. The average molecular weight is 329 g/mol. The Balaban J connectivity index is 2.27. The van der Waals surface area contributed by atoms with E-state index in [0.29, 0.717) is 28.2 Å². The maximum Gasteiger partial charge on any atom is 0.180 e. The lowest BCUT2D eigenvalue weighted by Crippen LogP contribution is -2.00. The van der Waals surface area contributed by atoms with Gasteiger partial charge in [-0.15, -0.1) is 0 Å². The highest BCUT2D eigenvalue weighted by Crippen LogP contribution is 2.37. The van der Waals surface area contributed by atoms with Gasteiger partial charge in [0.1, 0.15) is 18.7 Å². The first kappa shape index (κ1) is 15.6. The lowest BCUT2D eigenvalue weighted by Gasteiger charge is -2.13. The maximum atomic E-state index is 13.2. The minimum atomic E-state index is -0.410. The first-order chi connectivity index (χ1) is 10.0. The van der Waals surface area contributed by atoms with E-state index < -0.39 is 5.82 Å². The highest BCUT2D eigenvalue weighted by Gasteiger charge is 2.13. The number of aldehydes is 1. The molecule has 0 saturated heterocycles. The number of carbonyl (C=O) groups is 1. The summed E-state index contributed by atoms with van der Waals surface area (Å²) in [4.78, 5) is 10.8. The summed E-state index contributed by atoms with van der Waals surface area (Å²) >= 11 is 12.0. The molecule has 0 aliphatic rings. The van der Waals surface area contributed by atoms with Crippen LogP contribution < -0.4 is 9.47 Å². The van der Waals surface area contributed by atoms with Crippen LogP contribution in [0.5, 0.6) is 11.5 Å². The Bertz CT molecular complexity index is 674. The molecule has 2 aromatic carbocycles. The van der Waals surface area contributed by atoms with E-state index in [1.807, 2.05) is 0 Å². The second-order valence-electron chi connectivity index (χ2n) is 4.18. The van der Waals surface area contributed by atoms with Crippen molar-refractivity contribution in [2.75, 3.05) is 7.11 Å². The molecule has 6 heteroatoms. The molecule has 0 fully saturated rings. The van der Waals surface area contributed by atoms with Crippen LogP contribution in [-0.2, 0) is 6.61 Å². The van der Waals surface area contributed by atoms with Crippen LogP contribution in [0.15, 0.2) is 30.3 Å². The Morgan fingerprint density at radius 3 is 2.62 bits per heavy atom. The number of ether oxygens (including phenoxy) is 2. The molecule has 0 amide bonds. The number of methoxy groups -OCH3 is 1. The van der Waals surface area contributed by atoms with E-state index in [2.05, 4.69) is 0 Å². The highest BCUT2D eigenvalue weighted by atomic mass is 35.5. The van der Waals surface area contributed by atoms with Crippen LogP contribution in [0.1, 0.15) is 15.9 Å². The molecule has 0 heterocycles. The van der Waals surface area contributed by atoms with E-state index in [0.717, 1.165) is 0 Å². The topological polar surface area (TPSA) is 35.5 Å². The fourth-order valence-electron chi connectivity index (χ4n) is 1.75. The van der Waals surface area contributed by atoms with Crippen molar-refractivity contribution in [2.45, 2.75) is 6.61 Å². The summed E-state index contributed by atoms with van der Waals surface area (Å²) < 4.78 is 23.9. The van der Waals surface area contributed by atoms with Gasteiger partial charge >= 0.3 is 0 Å². The van der Waals surface area contributed by atoms with E-state index in [1.165, 1.54) is 37.4 Å². The fraction of sp³-hybridized carbons (Fsp3) is 0.133. The van der Waals surface area contributed by atoms with E-state index in [1.54, 1.807) is 0 Å². The average Bonchev–Trinajstić information content (AvgIpc) is 2.48. The van der Waals surface area contributed by atoms with Crippen molar-refractivity contribution in [3.63, 3.8) is 0 Å². The maximum absolute atomic E-state index is 13.2. The number of rotatable bonds is 5. The van der Waals surface area contributed by atoms with Gasteiger partial charge in [0.25, 0.3) is 0 Å². The van der Waals surface area contributed by atoms with Gasteiger partial charge < -0.3 is 9.47 Å². The molecule has 0 bridgehead atoms. The molecule has 2 rings (SSSR count). The molecule has 0 atom stereocenters. The van der Waals surface area contributed by atoms with Crippen molar-refractivity contribution in [3.05, 3.63) is 57.3 Å². The Labute approximate surface area is 131 Å². The van der Waals surface area contributed by atoms with Gasteiger partial charge in [0.15, 0.2) is 11.5 Å². The van der Waals surface area contributed by atoms with Crippen molar-refractivity contribution < 1.29 is 18.7 Å². The quantitative estimate of drug-likeness (QED) is 0.756. The van der Waals surface area contributed by atoms with Gasteiger partial charge in [0, 0.05) is 16.1 Å². The summed E-state index contributed by atoms with van der Waals surface area (Å²) in [7, 11) is 1.43. The predicted molar refractivity (Wildman–Crippen MR) is 79.1 cm³/mol. The molecule has 0 radical (unpaired) electrons. The Kier molecular flexibility index (Phi) is 5.04. The molecular weight excluding hydrogens is 318 g/mol. The van der Waals surface area contributed by atoms with Crippen LogP contribution in [-0.4, -0.2) is 13.4 Å². The van der Waals surface area contributed by atoms with Crippen LogP contribution in [0.4, 0.5) is 4.39 Å². The monoisotopic (exact) mass is 328 g/mol. The largest absolute Gasteiger partial charge is 0.493 e. The fourth-order valence-corrected chi connectivity index (χ4v) is 2.20. The minimum absolute atomic E-state index is 0.0209. The summed E-state index contributed by atoms with van der Waals surface area (Å²) in [5.41, 5.74) is 0.849. The van der Waals surface area contributed by atoms with Crippen LogP contribution in [0.3, 0.4) is 0 Å². The summed E-state index contributed by atoms with van der Waals surface area (Å²) in [6.45, 7) is 0.0209. The zero-order chi connectivity index (χ0) is 15.4. The summed E-state index contributed by atoms with van der Waals surface area (Å²) in [5.74, 6) is 0.176. The summed E-state index contributed by atoms with van der Waals surface area (Å²) in [6.07, 6.45) is 0.654. The summed E-state index contributed by atoms with van der Waals surface area (Å²) in [5, 5.41) is 0.611. The van der Waals surface area contributed by atoms with Gasteiger partial charge in [-0.1, -0.05) is 23.2 Å². The number of hydrogen-bond donors (Lipinski definition) is 0. The summed E-state index contributed by atoms with van der Waals surface area (Å²) in [6, 6.07) is 6.95. The van der Waals surface area contributed by atoms with Crippen LogP contribution >= 0.6 is 23.2 Å². The smallest absolute Gasteiger partial charge is 0.180 e. The number of carbonyl (C=O) groups excluding carboxylic acids is 1. The van der Waals surface area contributed by atoms with Gasteiger partial charge in [-0.3, -0.25) is 4.79 Å².